The molecule has 1 fully saturated rings. The van der Waals surface area contributed by atoms with Gasteiger partial charge in [0.1, 0.15) is 18.3 Å². The summed E-state index contributed by atoms with van der Waals surface area (Å²) in [5.74, 6) is 0.529. The number of carbonyl (C=O) groups excluding carboxylic acids is 1. The van der Waals surface area contributed by atoms with Gasteiger partial charge in [-0.25, -0.2) is 19.6 Å². The van der Waals surface area contributed by atoms with Crippen molar-refractivity contribution in [3.63, 3.8) is 0 Å². The topological polar surface area (TPSA) is 94.8 Å². The van der Waals surface area contributed by atoms with Crippen molar-refractivity contribution in [3.8, 4) is 5.88 Å². The van der Waals surface area contributed by atoms with Crippen LogP contribution in [0.15, 0.2) is 36.9 Å². The van der Waals surface area contributed by atoms with Crippen LogP contribution >= 0.6 is 0 Å². The van der Waals surface area contributed by atoms with E-state index in [9.17, 15) is 4.79 Å². The Bertz CT molecular complexity index is 935. The van der Waals surface area contributed by atoms with Crippen molar-refractivity contribution in [2.75, 3.05) is 7.11 Å². The zero-order valence-corrected chi connectivity index (χ0v) is 15.9. The van der Waals surface area contributed by atoms with Crippen LogP contribution in [0.2, 0.25) is 0 Å². The molecule has 0 saturated heterocycles. The minimum Gasteiger partial charge on any atom is -0.480 e. The van der Waals surface area contributed by atoms with E-state index in [2.05, 4.69) is 25.4 Å². The smallest absolute Gasteiger partial charge is 0.235 e. The van der Waals surface area contributed by atoms with Gasteiger partial charge in [0.05, 0.1) is 24.2 Å². The van der Waals surface area contributed by atoms with Crippen molar-refractivity contribution in [2.24, 2.45) is 0 Å². The number of fused-ring (bicyclic) bond motifs is 1. The average molecular weight is 380 g/mol. The Labute approximate surface area is 163 Å². The molecule has 1 N–H and O–H groups in total. The first-order chi connectivity index (χ1) is 13.7. The quantitative estimate of drug-likeness (QED) is 0.706. The summed E-state index contributed by atoms with van der Waals surface area (Å²) in [5.41, 5.74) is 2.31. The van der Waals surface area contributed by atoms with Crippen LogP contribution < -0.4 is 10.1 Å². The Kier molecular flexibility index (Phi) is 5.45. The molecule has 2 aromatic heterocycles. The van der Waals surface area contributed by atoms with E-state index in [0.717, 1.165) is 36.7 Å². The number of aromatic nitrogens is 5. The molecule has 146 valence electrons. The molecule has 0 aliphatic heterocycles. The molecule has 1 saturated carbocycles. The SMILES string of the molecule is COc1nc2ccccc2nc1CCC(=O)NC1CCC(n2cncn2)CC1. The van der Waals surface area contributed by atoms with Crippen LogP contribution in [0.25, 0.3) is 11.0 Å². The molecule has 1 amide bonds. The van der Waals surface area contributed by atoms with Gasteiger partial charge in [0, 0.05) is 18.9 Å². The van der Waals surface area contributed by atoms with E-state index in [-0.39, 0.29) is 11.9 Å². The molecule has 4 rings (SSSR count). The number of para-hydroxylation sites is 2. The lowest BCUT2D eigenvalue weighted by atomic mass is 9.91. The molecule has 2 heterocycles. The number of hydrogen-bond donors (Lipinski definition) is 1. The zero-order chi connectivity index (χ0) is 19.3. The molecule has 8 heteroatoms. The fraction of sp³-hybridized carbons (Fsp3) is 0.450. The number of nitrogens with zero attached hydrogens (tertiary/aromatic N) is 5. The highest BCUT2D eigenvalue weighted by Crippen LogP contribution is 2.27. The number of hydrogen-bond acceptors (Lipinski definition) is 6. The molecule has 1 aliphatic rings. The Hall–Kier alpha value is -3.03. The van der Waals surface area contributed by atoms with E-state index < -0.39 is 0 Å². The number of aryl methyl sites for hydroxylation is 1. The van der Waals surface area contributed by atoms with Crippen LogP contribution in [0, 0.1) is 0 Å². The van der Waals surface area contributed by atoms with Crippen LogP contribution in [0.3, 0.4) is 0 Å². The summed E-state index contributed by atoms with van der Waals surface area (Å²) in [7, 11) is 1.58. The van der Waals surface area contributed by atoms with Gasteiger partial charge in [0.2, 0.25) is 11.8 Å². The average Bonchev–Trinajstić information content (AvgIpc) is 3.27. The van der Waals surface area contributed by atoms with E-state index in [1.165, 1.54) is 0 Å². The molecule has 28 heavy (non-hydrogen) atoms. The van der Waals surface area contributed by atoms with E-state index in [1.54, 1.807) is 19.8 Å². The molecular formula is C20H24N6O2. The summed E-state index contributed by atoms with van der Waals surface area (Å²) >= 11 is 0. The predicted molar refractivity (Wildman–Crippen MR) is 104 cm³/mol. The third-order valence-corrected chi connectivity index (χ3v) is 5.26. The van der Waals surface area contributed by atoms with Gasteiger partial charge in [-0.15, -0.1) is 0 Å². The highest BCUT2D eigenvalue weighted by molar-refractivity contribution is 5.77. The largest absolute Gasteiger partial charge is 0.480 e. The number of amides is 1. The molecule has 0 unspecified atom stereocenters. The summed E-state index contributed by atoms with van der Waals surface area (Å²) in [6.45, 7) is 0. The molecule has 0 radical (unpaired) electrons. The van der Waals surface area contributed by atoms with Gasteiger partial charge in [0.15, 0.2) is 0 Å². The van der Waals surface area contributed by atoms with Crippen molar-refractivity contribution in [1.29, 1.82) is 0 Å². The minimum absolute atomic E-state index is 0.0428. The molecule has 0 atom stereocenters. The van der Waals surface area contributed by atoms with E-state index in [0.29, 0.717) is 30.5 Å². The Balaban J connectivity index is 1.31. The van der Waals surface area contributed by atoms with E-state index in [4.69, 9.17) is 4.74 Å². The lowest BCUT2D eigenvalue weighted by Crippen LogP contribution is -2.38. The number of nitrogens with one attached hydrogen (secondary N) is 1. The monoisotopic (exact) mass is 380 g/mol. The third-order valence-electron chi connectivity index (χ3n) is 5.26. The minimum atomic E-state index is 0.0428. The summed E-state index contributed by atoms with van der Waals surface area (Å²) in [5, 5.41) is 7.38. The summed E-state index contributed by atoms with van der Waals surface area (Å²) in [4.78, 5) is 25.6. The van der Waals surface area contributed by atoms with Gasteiger partial charge in [-0.2, -0.15) is 5.10 Å². The van der Waals surface area contributed by atoms with Crippen LogP contribution in [-0.2, 0) is 11.2 Å². The second-order valence-corrected chi connectivity index (χ2v) is 7.12. The van der Waals surface area contributed by atoms with Crippen LogP contribution in [0.1, 0.15) is 43.8 Å². The van der Waals surface area contributed by atoms with Gasteiger partial charge >= 0.3 is 0 Å². The lowest BCUT2D eigenvalue weighted by Gasteiger charge is -2.29. The van der Waals surface area contributed by atoms with Crippen LogP contribution in [0.4, 0.5) is 0 Å². The summed E-state index contributed by atoms with van der Waals surface area (Å²) in [6, 6.07) is 8.26. The number of rotatable bonds is 6. The molecule has 0 spiro atoms. The maximum absolute atomic E-state index is 12.4. The summed E-state index contributed by atoms with van der Waals surface area (Å²) < 4.78 is 7.28. The van der Waals surface area contributed by atoms with Crippen molar-refractivity contribution < 1.29 is 9.53 Å². The third kappa shape index (κ3) is 4.11. The highest BCUT2D eigenvalue weighted by Gasteiger charge is 2.24. The Morgan fingerprint density at radius 3 is 2.61 bits per heavy atom. The number of carbonyl (C=O) groups is 1. The number of methoxy groups -OCH3 is 1. The fourth-order valence-corrected chi connectivity index (χ4v) is 3.77. The number of benzene rings is 1. The molecule has 1 aromatic carbocycles. The van der Waals surface area contributed by atoms with Gasteiger partial charge < -0.3 is 10.1 Å². The van der Waals surface area contributed by atoms with Gasteiger partial charge in [-0.3, -0.25) is 4.79 Å². The molecular weight excluding hydrogens is 356 g/mol. The van der Waals surface area contributed by atoms with Crippen molar-refractivity contribution in [2.45, 2.75) is 50.6 Å². The second kappa shape index (κ2) is 8.33. The predicted octanol–water partition coefficient (Wildman–Crippen LogP) is 2.46. The van der Waals surface area contributed by atoms with Gasteiger partial charge in [-0.1, -0.05) is 12.1 Å². The standard InChI is InChI=1S/C20H24N6O2/c1-28-20-18(24-16-4-2-3-5-17(16)25-20)10-11-19(27)23-14-6-8-15(9-7-14)26-13-21-12-22-26/h2-5,12-15H,6-11H2,1H3,(H,23,27). The first kappa shape index (κ1) is 18.3. The lowest BCUT2D eigenvalue weighted by molar-refractivity contribution is -0.122. The van der Waals surface area contributed by atoms with E-state index in [1.807, 2.05) is 28.9 Å². The molecule has 0 bridgehead atoms. The first-order valence-electron chi connectivity index (χ1n) is 9.66. The fourth-order valence-electron chi connectivity index (χ4n) is 3.77. The van der Waals surface area contributed by atoms with Crippen LogP contribution in [-0.4, -0.2) is 43.8 Å². The Morgan fingerprint density at radius 2 is 1.93 bits per heavy atom. The maximum Gasteiger partial charge on any atom is 0.235 e. The van der Waals surface area contributed by atoms with Crippen molar-refractivity contribution in [1.82, 2.24) is 30.0 Å². The van der Waals surface area contributed by atoms with Crippen molar-refractivity contribution >= 4 is 16.9 Å². The van der Waals surface area contributed by atoms with Crippen LogP contribution in [0.5, 0.6) is 5.88 Å². The zero-order valence-electron chi connectivity index (χ0n) is 15.9. The first-order valence-corrected chi connectivity index (χ1v) is 9.66. The van der Waals surface area contributed by atoms with Crippen molar-refractivity contribution in [3.05, 3.63) is 42.6 Å². The summed E-state index contributed by atoms with van der Waals surface area (Å²) in [6.07, 6.45) is 8.11. The molecule has 3 aromatic rings. The normalized spacial score (nSPS) is 19.5. The highest BCUT2D eigenvalue weighted by atomic mass is 16.5. The van der Waals surface area contributed by atoms with Gasteiger partial charge in [0.25, 0.3) is 0 Å². The molecule has 8 nitrogen and oxygen atoms in total. The second-order valence-electron chi connectivity index (χ2n) is 7.12. The van der Waals surface area contributed by atoms with E-state index >= 15 is 0 Å². The number of ether oxygens (including phenoxy) is 1. The maximum atomic E-state index is 12.4. The Morgan fingerprint density at radius 1 is 1.18 bits per heavy atom. The molecule has 1 aliphatic carbocycles. The van der Waals surface area contributed by atoms with Gasteiger partial charge in [-0.05, 0) is 37.8 Å².